The number of aliphatic hydroxyl groups excluding tert-OH is 1. The minimum absolute atomic E-state index is 0.111. The summed E-state index contributed by atoms with van der Waals surface area (Å²) in [6.45, 7) is 2.18. The molecule has 0 amide bonds. The van der Waals surface area contributed by atoms with E-state index in [2.05, 4.69) is 5.32 Å². The van der Waals surface area contributed by atoms with Crippen molar-refractivity contribution in [1.29, 1.82) is 0 Å². The van der Waals surface area contributed by atoms with E-state index in [1.54, 1.807) is 7.11 Å². The van der Waals surface area contributed by atoms with Gasteiger partial charge in [-0.15, -0.1) is 0 Å². The Kier molecular flexibility index (Phi) is 4.89. The summed E-state index contributed by atoms with van der Waals surface area (Å²) in [5, 5.41) is 12.9. The minimum atomic E-state index is -0.207. The number of nitrogens with one attached hydrogen (secondary N) is 1. The van der Waals surface area contributed by atoms with Crippen LogP contribution in [0.5, 0.6) is 11.5 Å². The average molecular weight is 279 g/mol. The van der Waals surface area contributed by atoms with Crippen LogP contribution >= 0.6 is 0 Å². The summed E-state index contributed by atoms with van der Waals surface area (Å²) in [5.41, 5.74) is 0.943. The van der Waals surface area contributed by atoms with Crippen molar-refractivity contribution in [2.75, 3.05) is 20.8 Å². The van der Waals surface area contributed by atoms with Gasteiger partial charge in [-0.25, -0.2) is 0 Å². The number of benzene rings is 1. The van der Waals surface area contributed by atoms with E-state index in [0.717, 1.165) is 42.7 Å². The first-order valence-electron chi connectivity index (χ1n) is 7.23. The van der Waals surface area contributed by atoms with Crippen molar-refractivity contribution in [2.24, 2.45) is 0 Å². The van der Waals surface area contributed by atoms with Crippen LogP contribution in [0.2, 0.25) is 0 Å². The first kappa shape index (κ1) is 15.1. The molecule has 0 saturated heterocycles. The molecule has 0 heterocycles. The highest BCUT2D eigenvalue weighted by atomic mass is 16.5. The number of methoxy groups -OCH3 is 1. The number of aryl methyl sites for hydroxylation is 1. The van der Waals surface area contributed by atoms with Crippen LogP contribution in [0.4, 0.5) is 0 Å². The number of rotatable bonds is 5. The fourth-order valence-electron chi connectivity index (χ4n) is 2.91. The lowest BCUT2D eigenvalue weighted by Gasteiger charge is -2.39. The van der Waals surface area contributed by atoms with Crippen molar-refractivity contribution in [3.8, 4) is 11.5 Å². The normalized spacial score (nSPS) is 26.3. The molecule has 2 N–H and O–H groups in total. The van der Waals surface area contributed by atoms with Crippen LogP contribution < -0.4 is 14.8 Å². The van der Waals surface area contributed by atoms with Gasteiger partial charge in [-0.2, -0.15) is 0 Å². The van der Waals surface area contributed by atoms with Crippen molar-refractivity contribution < 1.29 is 14.6 Å². The van der Waals surface area contributed by atoms with Crippen LogP contribution in [0, 0.1) is 6.92 Å². The third-order valence-electron chi connectivity index (χ3n) is 4.25. The second-order valence-electron chi connectivity index (χ2n) is 5.68. The maximum atomic E-state index is 9.62. The number of ether oxygens (including phenoxy) is 2. The molecule has 0 spiro atoms. The molecule has 1 saturated carbocycles. The molecule has 20 heavy (non-hydrogen) atoms. The summed E-state index contributed by atoms with van der Waals surface area (Å²) < 4.78 is 11.5. The predicted molar refractivity (Wildman–Crippen MR) is 79.5 cm³/mol. The molecule has 2 rings (SSSR count). The molecule has 4 nitrogen and oxygen atoms in total. The van der Waals surface area contributed by atoms with Gasteiger partial charge in [-0.05, 0) is 50.9 Å². The third kappa shape index (κ3) is 3.25. The molecular weight excluding hydrogens is 254 g/mol. The quantitative estimate of drug-likeness (QED) is 0.868. The lowest BCUT2D eigenvalue weighted by Crippen LogP contribution is -2.52. The maximum Gasteiger partial charge on any atom is 0.161 e. The van der Waals surface area contributed by atoms with Crippen LogP contribution in [0.3, 0.4) is 0 Å². The molecule has 2 atom stereocenters. The van der Waals surface area contributed by atoms with E-state index < -0.39 is 0 Å². The van der Waals surface area contributed by atoms with Gasteiger partial charge >= 0.3 is 0 Å². The first-order chi connectivity index (χ1) is 9.62. The monoisotopic (exact) mass is 279 g/mol. The molecule has 1 aliphatic rings. The summed E-state index contributed by atoms with van der Waals surface area (Å²) in [5.74, 6) is 1.56. The molecule has 0 bridgehead atoms. The average Bonchev–Trinajstić information content (AvgIpc) is 2.49. The predicted octanol–water partition coefficient (Wildman–Crippen LogP) is 2.28. The van der Waals surface area contributed by atoms with E-state index in [1.165, 1.54) is 0 Å². The first-order valence-corrected chi connectivity index (χ1v) is 7.23. The molecular formula is C16H25NO3. The number of aliphatic hydroxyl groups is 1. The summed E-state index contributed by atoms with van der Waals surface area (Å²) in [6.07, 6.45) is 3.99. The molecule has 4 heteroatoms. The SMILES string of the molecule is CNC1(CO)CCCC(Oc2ccc(C)cc2OC)C1. The van der Waals surface area contributed by atoms with Gasteiger partial charge in [0.2, 0.25) is 0 Å². The Bertz CT molecular complexity index is 443. The molecule has 0 aliphatic heterocycles. The number of likely N-dealkylation sites (N-methyl/N-ethyl adjacent to an activating group) is 1. The lowest BCUT2D eigenvalue weighted by molar-refractivity contribution is 0.0541. The minimum Gasteiger partial charge on any atom is -0.493 e. The highest BCUT2D eigenvalue weighted by molar-refractivity contribution is 5.42. The van der Waals surface area contributed by atoms with Crippen LogP contribution in [0.25, 0.3) is 0 Å². The van der Waals surface area contributed by atoms with Crippen LogP contribution in [0.1, 0.15) is 31.2 Å². The Morgan fingerprint density at radius 3 is 2.85 bits per heavy atom. The molecule has 1 fully saturated rings. The summed E-state index contributed by atoms with van der Waals surface area (Å²) in [7, 11) is 3.57. The standard InChI is InChI=1S/C16H25NO3/c1-12-6-7-14(15(9-12)19-3)20-13-5-4-8-16(10-13,11-18)17-2/h6-7,9,13,17-18H,4-5,8,10-11H2,1-3H3. The Morgan fingerprint density at radius 1 is 1.40 bits per heavy atom. The number of hydrogen-bond donors (Lipinski definition) is 2. The third-order valence-corrected chi connectivity index (χ3v) is 4.25. The van der Waals surface area contributed by atoms with E-state index >= 15 is 0 Å². The Balaban J connectivity index is 2.10. The van der Waals surface area contributed by atoms with Crippen molar-refractivity contribution in [2.45, 2.75) is 44.2 Å². The highest BCUT2D eigenvalue weighted by Gasteiger charge is 2.35. The van der Waals surface area contributed by atoms with Crippen LogP contribution in [-0.4, -0.2) is 37.5 Å². The molecule has 1 aromatic carbocycles. The molecule has 2 unspecified atom stereocenters. The van der Waals surface area contributed by atoms with E-state index in [1.807, 2.05) is 32.2 Å². The zero-order valence-corrected chi connectivity index (χ0v) is 12.6. The van der Waals surface area contributed by atoms with Crippen molar-refractivity contribution in [3.05, 3.63) is 23.8 Å². The van der Waals surface area contributed by atoms with E-state index in [-0.39, 0.29) is 18.2 Å². The van der Waals surface area contributed by atoms with Gasteiger partial charge in [0.15, 0.2) is 11.5 Å². The van der Waals surface area contributed by atoms with Gasteiger partial charge in [0.05, 0.1) is 13.7 Å². The second-order valence-corrected chi connectivity index (χ2v) is 5.68. The van der Waals surface area contributed by atoms with Gasteiger partial charge in [-0.1, -0.05) is 6.07 Å². The van der Waals surface area contributed by atoms with Crippen LogP contribution in [-0.2, 0) is 0 Å². The second kappa shape index (κ2) is 6.46. The Labute approximate surface area is 121 Å². The zero-order chi connectivity index (χ0) is 14.6. The topological polar surface area (TPSA) is 50.7 Å². The van der Waals surface area contributed by atoms with E-state index in [9.17, 15) is 5.11 Å². The fraction of sp³-hybridized carbons (Fsp3) is 0.625. The van der Waals surface area contributed by atoms with E-state index in [0.29, 0.717) is 0 Å². The Hall–Kier alpha value is -1.26. The smallest absolute Gasteiger partial charge is 0.161 e. The maximum absolute atomic E-state index is 9.62. The van der Waals surface area contributed by atoms with Gasteiger partial charge < -0.3 is 19.9 Å². The molecule has 1 aliphatic carbocycles. The van der Waals surface area contributed by atoms with Crippen LogP contribution in [0.15, 0.2) is 18.2 Å². The van der Waals surface area contributed by atoms with Gasteiger partial charge in [0.25, 0.3) is 0 Å². The molecule has 112 valence electrons. The summed E-state index contributed by atoms with van der Waals surface area (Å²) >= 11 is 0. The van der Waals surface area contributed by atoms with Crippen molar-refractivity contribution >= 4 is 0 Å². The van der Waals surface area contributed by atoms with Crippen molar-refractivity contribution in [1.82, 2.24) is 5.32 Å². The van der Waals surface area contributed by atoms with Gasteiger partial charge in [-0.3, -0.25) is 0 Å². The summed E-state index contributed by atoms with van der Waals surface area (Å²) in [4.78, 5) is 0. The van der Waals surface area contributed by atoms with E-state index in [4.69, 9.17) is 9.47 Å². The summed E-state index contributed by atoms with van der Waals surface area (Å²) in [6, 6.07) is 5.97. The largest absolute Gasteiger partial charge is 0.493 e. The van der Waals surface area contributed by atoms with Crippen molar-refractivity contribution in [3.63, 3.8) is 0 Å². The zero-order valence-electron chi connectivity index (χ0n) is 12.6. The lowest BCUT2D eigenvalue weighted by atomic mass is 9.80. The fourth-order valence-corrected chi connectivity index (χ4v) is 2.91. The molecule has 0 aromatic heterocycles. The Morgan fingerprint density at radius 2 is 2.20 bits per heavy atom. The van der Waals surface area contributed by atoms with Gasteiger partial charge in [0.1, 0.15) is 6.10 Å². The molecule has 1 aromatic rings. The number of hydrogen-bond acceptors (Lipinski definition) is 4. The molecule has 0 radical (unpaired) electrons. The highest BCUT2D eigenvalue weighted by Crippen LogP contribution is 2.34. The van der Waals surface area contributed by atoms with Gasteiger partial charge in [0, 0.05) is 12.0 Å².